The molecule has 3 atom stereocenters. The van der Waals surface area contributed by atoms with Gasteiger partial charge in [-0.3, -0.25) is 9.59 Å². The van der Waals surface area contributed by atoms with Crippen LogP contribution in [0.4, 0.5) is 0 Å². The van der Waals surface area contributed by atoms with Crippen molar-refractivity contribution in [3.8, 4) is 0 Å². The summed E-state index contributed by atoms with van der Waals surface area (Å²) >= 11 is 0. The molecule has 2 N–H and O–H groups in total. The number of hydrogen-bond donors (Lipinski definition) is 2. The van der Waals surface area contributed by atoms with Crippen molar-refractivity contribution >= 4 is 11.8 Å². The number of amides is 2. The van der Waals surface area contributed by atoms with E-state index in [1.807, 2.05) is 30.3 Å². The summed E-state index contributed by atoms with van der Waals surface area (Å²) in [5.74, 6) is 0.422. The molecule has 3 rings (SSSR count). The van der Waals surface area contributed by atoms with Gasteiger partial charge in [0.15, 0.2) is 0 Å². The first-order chi connectivity index (χ1) is 11.2. The van der Waals surface area contributed by atoms with Crippen LogP contribution in [0.5, 0.6) is 0 Å². The molecule has 3 unspecified atom stereocenters. The molecule has 0 spiro atoms. The normalized spacial score (nSPS) is 27.7. The maximum absolute atomic E-state index is 12.7. The van der Waals surface area contributed by atoms with Crippen LogP contribution in [0, 0.1) is 5.92 Å². The molecule has 2 aliphatic heterocycles. The second-order valence-electron chi connectivity index (χ2n) is 6.61. The first-order valence-electron chi connectivity index (χ1n) is 8.54. The number of nitrogens with zero attached hydrogens (tertiary/aromatic N) is 1. The fraction of sp³-hybridized carbons (Fsp3) is 0.556. The Hall–Kier alpha value is -1.88. The number of carbonyl (C=O) groups is 2. The molecule has 2 amide bonds. The van der Waals surface area contributed by atoms with E-state index in [0.717, 1.165) is 32.4 Å². The Morgan fingerprint density at radius 3 is 2.74 bits per heavy atom. The first kappa shape index (κ1) is 16.0. The third-order valence-electron chi connectivity index (χ3n) is 4.99. The van der Waals surface area contributed by atoms with E-state index in [1.165, 1.54) is 0 Å². The Bertz CT molecular complexity index is 561. The van der Waals surface area contributed by atoms with Crippen LogP contribution >= 0.6 is 0 Å². The van der Waals surface area contributed by atoms with E-state index < -0.39 is 0 Å². The SMILES string of the molecule is CC1CCNCC1NC(=O)C1CCCN1C(=O)c1ccccc1. The number of rotatable bonds is 3. The largest absolute Gasteiger partial charge is 0.350 e. The highest BCUT2D eigenvalue weighted by Gasteiger charge is 2.36. The molecule has 0 aromatic heterocycles. The minimum Gasteiger partial charge on any atom is -0.350 e. The lowest BCUT2D eigenvalue weighted by Crippen LogP contribution is -2.55. The lowest BCUT2D eigenvalue weighted by molar-refractivity contribution is -0.126. The van der Waals surface area contributed by atoms with Gasteiger partial charge in [0.2, 0.25) is 5.91 Å². The molecule has 0 bridgehead atoms. The summed E-state index contributed by atoms with van der Waals surface area (Å²) in [6.45, 7) is 4.65. The van der Waals surface area contributed by atoms with E-state index in [4.69, 9.17) is 0 Å². The molecule has 2 aliphatic rings. The molecule has 0 saturated carbocycles. The Kier molecular flexibility index (Phi) is 4.96. The highest BCUT2D eigenvalue weighted by Crippen LogP contribution is 2.21. The zero-order valence-electron chi connectivity index (χ0n) is 13.6. The highest BCUT2D eigenvalue weighted by molar-refractivity contribution is 5.98. The molecule has 2 heterocycles. The van der Waals surface area contributed by atoms with E-state index in [2.05, 4.69) is 17.6 Å². The van der Waals surface area contributed by atoms with Crippen LogP contribution in [-0.2, 0) is 4.79 Å². The maximum Gasteiger partial charge on any atom is 0.254 e. The average Bonchev–Trinajstić information content (AvgIpc) is 3.07. The van der Waals surface area contributed by atoms with Crippen molar-refractivity contribution < 1.29 is 9.59 Å². The van der Waals surface area contributed by atoms with Crippen molar-refractivity contribution in [3.05, 3.63) is 35.9 Å². The molecular formula is C18H25N3O2. The quantitative estimate of drug-likeness (QED) is 0.886. The number of carbonyl (C=O) groups excluding carboxylic acids is 2. The first-order valence-corrected chi connectivity index (χ1v) is 8.54. The summed E-state index contributed by atoms with van der Waals surface area (Å²) in [7, 11) is 0. The number of benzene rings is 1. The van der Waals surface area contributed by atoms with Crippen molar-refractivity contribution in [1.82, 2.24) is 15.5 Å². The van der Waals surface area contributed by atoms with E-state index in [9.17, 15) is 9.59 Å². The Balaban J connectivity index is 1.66. The summed E-state index contributed by atoms with van der Waals surface area (Å²) in [4.78, 5) is 27.1. The van der Waals surface area contributed by atoms with Gasteiger partial charge in [0.1, 0.15) is 6.04 Å². The van der Waals surface area contributed by atoms with Crippen LogP contribution in [0.1, 0.15) is 36.5 Å². The molecular weight excluding hydrogens is 290 g/mol. The zero-order chi connectivity index (χ0) is 16.2. The molecule has 2 saturated heterocycles. The molecule has 23 heavy (non-hydrogen) atoms. The summed E-state index contributed by atoms with van der Waals surface area (Å²) in [6, 6.07) is 9.04. The summed E-state index contributed by atoms with van der Waals surface area (Å²) < 4.78 is 0. The number of hydrogen-bond acceptors (Lipinski definition) is 3. The van der Waals surface area contributed by atoms with Crippen LogP contribution in [0.2, 0.25) is 0 Å². The topological polar surface area (TPSA) is 61.4 Å². The fourth-order valence-corrected chi connectivity index (χ4v) is 3.49. The van der Waals surface area contributed by atoms with E-state index in [0.29, 0.717) is 18.0 Å². The molecule has 1 aromatic carbocycles. The third-order valence-corrected chi connectivity index (χ3v) is 4.99. The third kappa shape index (κ3) is 3.55. The molecule has 2 fully saturated rings. The van der Waals surface area contributed by atoms with Gasteiger partial charge in [-0.25, -0.2) is 0 Å². The summed E-state index contributed by atoms with van der Waals surface area (Å²) in [5, 5.41) is 6.48. The van der Waals surface area contributed by atoms with Crippen LogP contribution in [-0.4, -0.2) is 48.4 Å². The monoisotopic (exact) mass is 315 g/mol. The van der Waals surface area contributed by atoms with Crippen LogP contribution in [0.25, 0.3) is 0 Å². The predicted octanol–water partition coefficient (Wildman–Crippen LogP) is 1.41. The second kappa shape index (κ2) is 7.13. The van der Waals surface area contributed by atoms with Crippen LogP contribution in [0.15, 0.2) is 30.3 Å². The van der Waals surface area contributed by atoms with Gasteiger partial charge in [-0.2, -0.15) is 0 Å². The van der Waals surface area contributed by atoms with Crippen LogP contribution in [0.3, 0.4) is 0 Å². The maximum atomic E-state index is 12.7. The standard InChI is InChI=1S/C18H25N3O2/c1-13-9-10-19-12-15(13)20-17(22)16-8-5-11-21(16)18(23)14-6-3-2-4-7-14/h2-4,6-7,13,15-16,19H,5,8-12H2,1H3,(H,20,22). The Morgan fingerprint density at radius 2 is 2.00 bits per heavy atom. The minimum atomic E-state index is -0.336. The van der Waals surface area contributed by atoms with Crippen molar-refractivity contribution in [2.24, 2.45) is 5.92 Å². The summed E-state index contributed by atoms with van der Waals surface area (Å²) in [6.07, 6.45) is 2.70. The lowest BCUT2D eigenvalue weighted by atomic mass is 9.94. The lowest BCUT2D eigenvalue weighted by Gasteiger charge is -2.32. The number of piperidine rings is 1. The van der Waals surface area contributed by atoms with Gasteiger partial charge < -0.3 is 15.5 Å². The van der Waals surface area contributed by atoms with Crippen molar-refractivity contribution in [1.29, 1.82) is 0 Å². The number of nitrogens with one attached hydrogen (secondary N) is 2. The molecule has 5 nitrogen and oxygen atoms in total. The molecule has 124 valence electrons. The Morgan fingerprint density at radius 1 is 1.22 bits per heavy atom. The van der Waals surface area contributed by atoms with Gasteiger partial charge in [-0.15, -0.1) is 0 Å². The van der Waals surface area contributed by atoms with E-state index >= 15 is 0 Å². The van der Waals surface area contributed by atoms with Gasteiger partial charge in [0, 0.05) is 24.7 Å². The van der Waals surface area contributed by atoms with E-state index in [-0.39, 0.29) is 23.9 Å². The van der Waals surface area contributed by atoms with E-state index in [1.54, 1.807) is 4.90 Å². The van der Waals surface area contributed by atoms with Gasteiger partial charge >= 0.3 is 0 Å². The minimum absolute atomic E-state index is 0.00710. The van der Waals surface area contributed by atoms with Crippen LogP contribution < -0.4 is 10.6 Å². The number of likely N-dealkylation sites (tertiary alicyclic amines) is 1. The smallest absolute Gasteiger partial charge is 0.254 e. The molecule has 0 radical (unpaired) electrons. The average molecular weight is 315 g/mol. The van der Waals surface area contributed by atoms with Crippen molar-refractivity contribution in [2.45, 2.75) is 38.3 Å². The molecule has 0 aliphatic carbocycles. The summed E-state index contributed by atoms with van der Waals surface area (Å²) in [5.41, 5.74) is 0.653. The van der Waals surface area contributed by atoms with Gasteiger partial charge in [-0.05, 0) is 43.9 Å². The second-order valence-corrected chi connectivity index (χ2v) is 6.61. The predicted molar refractivity (Wildman–Crippen MR) is 89.1 cm³/mol. The van der Waals surface area contributed by atoms with Crippen molar-refractivity contribution in [2.75, 3.05) is 19.6 Å². The molecule has 1 aromatic rings. The van der Waals surface area contributed by atoms with Gasteiger partial charge in [0.05, 0.1) is 0 Å². The highest BCUT2D eigenvalue weighted by atomic mass is 16.2. The zero-order valence-corrected chi connectivity index (χ0v) is 13.6. The van der Waals surface area contributed by atoms with Crippen molar-refractivity contribution in [3.63, 3.8) is 0 Å². The molecule has 5 heteroatoms. The fourth-order valence-electron chi connectivity index (χ4n) is 3.49. The van der Waals surface area contributed by atoms with Gasteiger partial charge in [-0.1, -0.05) is 25.1 Å². The Labute approximate surface area is 137 Å². The van der Waals surface area contributed by atoms with Gasteiger partial charge in [0.25, 0.3) is 5.91 Å².